The molecule has 1 amide bonds. The third-order valence-electron chi connectivity index (χ3n) is 4.04. The van der Waals surface area contributed by atoms with E-state index in [9.17, 15) is 18.0 Å². The monoisotopic (exact) mass is 397 g/mol. The molecule has 3 rings (SSSR count). The fourth-order valence-corrected chi connectivity index (χ4v) is 3.87. The molecule has 2 aromatic carbocycles. The van der Waals surface area contributed by atoms with Gasteiger partial charge in [0.2, 0.25) is 15.7 Å². The molecule has 1 aromatic heterocycles. The van der Waals surface area contributed by atoms with E-state index in [1.54, 1.807) is 19.1 Å². The van der Waals surface area contributed by atoms with Gasteiger partial charge in [-0.25, -0.2) is 13.1 Å². The van der Waals surface area contributed by atoms with E-state index in [0.29, 0.717) is 6.54 Å². The molecule has 0 unspecified atom stereocenters. The number of sulfone groups is 1. The summed E-state index contributed by atoms with van der Waals surface area (Å²) in [7, 11) is -3.89. The summed E-state index contributed by atoms with van der Waals surface area (Å²) in [5.41, 5.74) is 1.14. The third kappa shape index (κ3) is 4.52. The largest absolute Gasteiger partial charge is 0.350 e. The van der Waals surface area contributed by atoms with Crippen molar-refractivity contribution in [2.24, 2.45) is 0 Å². The Labute approximate surface area is 162 Å². The summed E-state index contributed by atoms with van der Waals surface area (Å²) < 4.78 is 26.4. The fourth-order valence-electron chi connectivity index (χ4n) is 2.58. The highest BCUT2D eigenvalue weighted by atomic mass is 32.2. The maximum Gasteiger partial charge on any atom is 0.267 e. The van der Waals surface area contributed by atoms with E-state index in [1.165, 1.54) is 12.1 Å². The molecule has 28 heavy (non-hydrogen) atoms. The van der Waals surface area contributed by atoms with E-state index < -0.39 is 21.3 Å². The number of benzene rings is 2. The summed E-state index contributed by atoms with van der Waals surface area (Å²) in [6.07, 6.45) is 0. The van der Waals surface area contributed by atoms with E-state index in [-0.39, 0.29) is 16.5 Å². The third-order valence-corrected chi connectivity index (χ3v) is 5.69. The molecule has 0 bridgehead atoms. The van der Waals surface area contributed by atoms with Gasteiger partial charge < -0.3 is 5.32 Å². The Morgan fingerprint density at radius 3 is 2.50 bits per heavy atom. The van der Waals surface area contributed by atoms with Gasteiger partial charge in [0.25, 0.3) is 5.56 Å². The first-order chi connectivity index (χ1) is 13.4. The van der Waals surface area contributed by atoms with Gasteiger partial charge in [0.15, 0.2) is 5.03 Å². The summed E-state index contributed by atoms with van der Waals surface area (Å²) in [5.74, 6) is -0.441. The van der Waals surface area contributed by atoms with E-state index in [1.807, 2.05) is 30.3 Å². The molecule has 0 radical (unpaired) electrons. The molecule has 0 saturated carbocycles. The lowest BCUT2D eigenvalue weighted by Gasteiger charge is -2.09. The van der Waals surface area contributed by atoms with Gasteiger partial charge in [-0.05, 0) is 36.2 Å². The zero-order valence-corrected chi connectivity index (χ0v) is 16.0. The van der Waals surface area contributed by atoms with Crippen LogP contribution < -0.4 is 10.9 Å². The molecule has 0 spiro atoms. The van der Waals surface area contributed by atoms with E-state index in [0.717, 1.165) is 27.9 Å². The predicted octanol–water partition coefficient (Wildman–Crippen LogP) is 1.70. The van der Waals surface area contributed by atoms with Crippen molar-refractivity contribution in [1.82, 2.24) is 15.1 Å². The Morgan fingerprint density at radius 1 is 1.04 bits per heavy atom. The molecule has 0 saturated heterocycles. The van der Waals surface area contributed by atoms with Crippen LogP contribution in [0.25, 0.3) is 0 Å². The summed E-state index contributed by atoms with van der Waals surface area (Å²) >= 11 is 0. The number of aromatic nitrogens is 2. The SMILES string of the molecule is Cc1cccc(S(=O)(=O)c2ccc(=O)n(CC(=O)NCc3ccccc3)n2)c1. The van der Waals surface area contributed by atoms with Crippen molar-refractivity contribution in [1.29, 1.82) is 0 Å². The lowest BCUT2D eigenvalue weighted by Crippen LogP contribution is -2.33. The minimum atomic E-state index is -3.89. The van der Waals surface area contributed by atoms with E-state index in [2.05, 4.69) is 10.4 Å². The van der Waals surface area contributed by atoms with Gasteiger partial charge in [0.1, 0.15) is 6.54 Å². The number of hydrogen-bond acceptors (Lipinski definition) is 5. The van der Waals surface area contributed by atoms with Gasteiger partial charge in [-0.2, -0.15) is 5.10 Å². The van der Waals surface area contributed by atoms with Crippen molar-refractivity contribution in [2.75, 3.05) is 0 Å². The summed E-state index contributed by atoms with van der Waals surface area (Å²) in [6, 6.07) is 18.0. The first-order valence-electron chi connectivity index (χ1n) is 8.57. The number of hydrogen-bond donors (Lipinski definition) is 1. The van der Waals surface area contributed by atoms with Crippen molar-refractivity contribution >= 4 is 15.7 Å². The van der Waals surface area contributed by atoms with Gasteiger partial charge >= 0.3 is 0 Å². The normalized spacial score (nSPS) is 11.2. The molecule has 0 aliphatic heterocycles. The van der Waals surface area contributed by atoms with E-state index >= 15 is 0 Å². The van der Waals surface area contributed by atoms with Crippen LogP contribution in [0.4, 0.5) is 0 Å². The van der Waals surface area contributed by atoms with Crippen LogP contribution >= 0.6 is 0 Å². The van der Waals surface area contributed by atoms with Gasteiger partial charge in [0.05, 0.1) is 4.90 Å². The number of aryl methyl sites for hydroxylation is 1. The minimum Gasteiger partial charge on any atom is -0.350 e. The molecule has 8 heteroatoms. The number of nitrogens with one attached hydrogen (secondary N) is 1. The molecular weight excluding hydrogens is 378 g/mol. The molecule has 0 fully saturated rings. The van der Waals surface area contributed by atoms with Crippen molar-refractivity contribution in [3.05, 3.63) is 88.2 Å². The van der Waals surface area contributed by atoms with Gasteiger partial charge in [-0.1, -0.05) is 42.5 Å². The van der Waals surface area contributed by atoms with Crippen LogP contribution in [0, 0.1) is 6.92 Å². The maximum atomic E-state index is 12.8. The molecule has 1 heterocycles. The summed E-state index contributed by atoms with van der Waals surface area (Å²) in [6.45, 7) is 1.71. The minimum absolute atomic E-state index is 0.0822. The zero-order valence-electron chi connectivity index (χ0n) is 15.2. The fraction of sp³-hybridized carbons (Fsp3) is 0.150. The van der Waals surface area contributed by atoms with Gasteiger partial charge in [-0.15, -0.1) is 0 Å². The summed E-state index contributed by atoms with van der Waals surface area (Å²) in [5, 5.41) is 6.30. The quantitative estimate of drug-likeness (QED) is 0.683. The van der Waals surface area contributed by atoms with Crippen LogP contribution in [0.15, 0.2) is 81.4 Å². The Bertz CT molecular complexity index is 1160. The summed E-state index contributed by atoms with van der Waals surface area (Å²) in [4.78, 5) is 24.3. The van der Waals surface area contributed by atoms with Crippen molar-refractivity contribution in [3.8, 4) is 0 Å². The molecule has 3 aromatic rings. The van der Waals surface area contributed by atoms with Crippen LogP contribution in [0.2, 0.25) is 0 Å². The zero-order chi connectivity index (χ0) is 20.1. The topological polar surface area (TPSA) is 98.1 Å². The first-order valence-corrected chi connectivity index (χ1v) is 10.0. The highest BCUT2D eigenvalue weighted by Crippen LogP contribution is 2.18. The van der Waals surface area contributed by atoms with Crippen LogP contribution in [0.5, 0.6) is 0 Å². The standard InChI is InChI=1S/C20H19N3O4S/c1-15-6-5-9-17(12-15)28(26,27)19-10-11-20(25)23(22-19)14-18(24)21-13-16-7-3-2-4-8-16/h2-12H,13-14H2,1H3,(H,21,24). The van der Waals surface area contributed by atoms with Crippen LogP contribution in [0.1, 0.15) is 11.1 Å². The Kier molecular flexibility index (Phi) is 5.70. The number of carbonyl (C=O) groups is 1. The number of carbonyl (C=O) groups excluding carboxylic acids is 1. The number of amides is 1. The molecule has 0 aliphatic carbocycles. The van der Waals surface area contributed by atoms with Crippen molar-refractivity contribution < 1.29 is 13.2 Å². The molecule has 1 N–H and O–H groups in total. The van der Waals surface area contributed by atoms with Crippen molar-refractivity contribution in [3.63, 3.8) is 0 Å². The Hall–Kier alpha value is -3.26. The average molecular weight is 397 g/mol. The van der Waals surface area contributed by atoms with Crippen molar-refractivity contribution in [2.45, 2.75) is 29.9 Å². The average Bonchev–Trinajstić information content (AvgIpc) is 2.69. The van der Waals surface area contributed by atoms with Crippen LogP contribution in [0.3, 0.4) is 0 Å². The molecule has 7 nitrogen and oxygen atoms in total. The van der Waals surface area contributed by atoms with E-state index in [4.69, 9.17) is 0 Å². The second kappa shape index (κ2) is 8.18. The maximum absolute atomic E-state index is 12.8. The second-order valence-corrected chi connectivity index (χ2v) is 8.15. The highest BCUT2D eigenvalue weighted by molar-refractivity contribution is 7.91. The lowest BCUT2D eigenvalue weighted by molar-refractivity contribution is -0.122. The molecule has 144 valence electrons. The lowest BCUT2D eigenvalue weighted by atomic mass is 10.2. The van der Waals surface area contributed by atoms with Crippen LogP contribution in [-0.2, 0) is 27.7 Å². The molecule has 0 atom stereocenters. The highest BCUT2D eigenvalue weighted by Gasteiger charge is 2.21. The van der Waals surface area contributed by atoms with Gasteiger partial charge in [0, 0.05) is 12.6 Å². The van der Waals surface area contributed by atoms with Gasteiger partial charge in [-0.3, -0.25) is 9.59 Å². The Morgan fingerprint density at radius 2 is 1.79 bits per heavy atom. The smallest absolute Gasteiger partial charge is 0.267 e. The number of rotatable bonds is 6. The predicted molar refractivity (Wildman–Crippen MR) is 103 cm³/mol. The Balaban J connectivity index is 1.79. The first kappa shape index (κ1) is 19.5. The molecular formula is C20H19N3O4S. The molecule has 0 aliphatic rings. The number of nitrogens with zero attached hydrogens (tertiary/aromatic N) is 2. The second-order valence-electron chi connectivity index (χ2n) is 6.25. The van der Waals surface area contributed by atoms with Crippen LogP contribution in [-0.4, -0.2) is 24.1 Å².